The van der Waals surface area contributed by atoms with E-state index >= 15 is 0 Å². The largest absolute Gasteiger partial charge is 0.480 e. The van der Waals surface area contributed by atoms with Crippen molar-refractivity contribution in [2.24, 2.45) is 5.73 Å². The van der Waals surface area contributed by atoms with Crippen molar-refractivity contribution in [2.45, 2.75) is 31.1 Å². The molecule has 0 aliphatic heterocycles. The molecule has 0 aliphatic carbocycles. The maximum atomic E-state index is 10.8. The number of carbonyl (C=O) groups is 2. The van der Waals surface area contributed by atoms with E-state index in [1.54, 1.807) is 0 Å². The Labute approximate surface area is 98.6 Å². The Balaban J connectivity index is 4.21. The minimum absolute atomic E-state index is 0.0426. The van der Waals surface area contributed by atoms with Crippen LogP contribution in [0.15, 0.2) is 0 Å². The molecule has 0 unspecified atom stereocenters. The van der Waals surface area contributed by atoms with Crippen LogP contribution in [0.25, 0.3) is 0 Å². The van der Waals surface area contributed by atoms with E-state index in [4.69, 9.17) is 15.9 Å². The Morgan fingerprint density at radius 1 is 1.50 bits per heavy atom. The van der Waals surface area contributed by atoms with Crippen LogP contribution in [0.3, 0.4) is 0 Å². The molecule has 0 aromatic rings. The van der Waals surface area contributed by atoms with Crippen LogP contribution in [0.4, 0.5) is 4.79 Å². The van der Waals surface area contributed by atoms with E-state index < -0.39 is 18.0 Å². The summed E-state index contributed by atoms with van der Waals surface area (Å²) >= 11 is 1.37. The van der Waals surface area contributed by atoms with Gasteiger partial charge < -0.3 is 21.3 Å². The first-order chi connectivity index (χ1) is 7.28. The standard InChI is InChI=1S/C9H18N2O4S/c1-9(2,3-4-12)16-5-6(7(13)14)11-8(10)15/h6,12H,3-5H2,1-2H3,(H,13,14)(H3,10,11,15)/t6-/m0/s1. The van der Waals surface area contributed by atoms with Gasteiger partial charge in [-0.1, -0.05) is 13.8 Å². The fourth-order valence-electron chi connectivity index (χ4n) is 0.997. The van der Waals surface area contributed by atoms with Gasteiger partial charge in [-0.15, -0.1) is 0 Å². The highest BCUT2D eigenvalue weighted by Gasteiger charge is 2.24. The summed E-state index contributed by atoms with van der Waals surface area (Å²) in [6, 6.07) is -1.85. The number of nitrogens with two attached hydrogens (primary N) is 1. The van der Waals surface area contributed by atoms with Crippen LogP contribution >= 0.6 is 11.8 Å². The summed E-state index contributed by atoms with van der Waals surface area (Å²) in [4.78, 5) is 21.3. The number of aliphatic carboxylic acids is 1. The number of primary amides is 1. The summed E-state index contributed by atoms with van der Waals surface area (Å²) in [5.74, 6) is -0.906. The number of aliphatic hydroxyl groups is 1. The zero-order valence-electron chi connectivity index (χ0n) is 9.40. The van der Waals surface area contributed by atoms with Crippen LogP contribution in [0.1, 0.15) is 20.3 Å². The zero-order chi connectivity index (χ0) is 12.8. The summed E-state index contributed by atoms with van der Waals surface area (Å²) in [6.07, 6.45) is 0.556. The first-order valence-corrected chi connectivity index (χ1v) is 5.80. The lowest BCUT2D eigenvalue weighted by atomic mass is 10.1. The molecule has 7 heteroatoms. The highest BCUT2D eigenvalue weighted by atomic mass is 32.2. The molecule has 0 bridgehead atoms. The van der Waals surface area contributed by atoms with Gasteiger partial charge in [-0.3, -0.25) is 0 Å². The highest BCUT2D eigenvalue weighted by Crippen LogP contribution is 2.28. The third kappa shape index (κ3) is 6.52. The Kier molecular flexibility index (Phi) is 6.20. The van der Waals surface area contributed by atoms with E-state index in [1.165, 1.54) is 11.8 Å². The average molecular weight is 250 g/mol. The molecule has 0 aliphatic rings. The second-order valence-electron chi connectivity index (χ2n) is 3.94. The number of hydrogen-bond donors (Lipinski definition) is 4. The molecule has 2 amide bonds. The molecule has 1 atom stereocenters. The van der Waals surface area contributed by atoms with Crippen LogP contribution < -0.4 is 11.1 Å². The summed E-state index contributed by atoms with van der Waals surface area (Å²) in [5, 5.41) is 19.8. The van der Waals surface area contributed by atoms with Gasteiger partial charge in [0.25, 0.3) is 0 Å². The van der Waals surface area contributed by atoms with Crippen molar-refractivity contribution in [1.29, 1.82) is 0 Å². The lowest BCUT2D eigenvalue weighted by Crippen LogP contribution is -2.45. The van der Waals surface area contributed by atoms with Crippen LogP contribution in [-0.4, -0.2) is 45.4 Å². The van der Waals surface area contributed by atoms with Gasteiger partial charge in [0, 0.05) is 17.1 Å². The molecule has 0 saturated carbocycles. The van der Waals surface area contributed by atoms with Crippen LogP contribution in [0.2, 0.25) is 0 Å². The quantitative estimate of drug-likeness (QED) is 0.508. The van der Waals surface area contributed by atoms with E-state index in [1.807, 2.05) is 13.8 Å². The zero-order valence-corrected chi connectivity index (χ0v) is 10.2. The molecule has 16 heavy (non-hydrogen) atoms. The fourth-order valence-corrected chi connectivity index (χ4v) is 2.08. The lowest BCUT2D eigenvalue weighted by molar-refractivity contribution is -0.138. The highest BCUT2D eigenvalue weighted by molar-refractivity contribution is 8.00. The lowest BCUT2D eigenvalue weighted by Gasteiger charge is -2.24. The minimum atomic E-state index is -1.12. The van der Waals surface area contributed by atoms with E-state index in [9.17, 15) is 9.59 Å². The van der Waals surface area contributed by atoms with Crippen molar-refractivity contribution in [2.75, 3.05) is 12.4 Å². The van der Waals surface area contributed by atoms with Gasteiger partial charge in [0.05, 0.1) is 0 Å². The van der Waals surface area contributed by atoms with E-state index in [0.717, 1.165) is 0 Å². The van der Waals surface area contributed by atoms with Crippen molar-refractivity contribution in [3.8, 4) is 0 Å². The fraction of sp³-hybridized carbons (Fsp3) is 0.778. The predicted octanol–water partition coefficient (Wildman–Crippen LogP) is 0.00210. The van der Waals surface area contributed by atoms with E-state index in [0.29, 0.717) is 6.42 Å². The van der Waals surface area contributed by atoms with Crippen molar-refractivity contribution < 1.29 is 19.8 Å². The molecule has 0 saturated heterocycles. The number of nitrogens with one attached hydrogen (secondary N) is 1. The summed E-state index contributed by atoms with van der Waals surface area (Å²) in [5.41, 5.74) is 4.87. The number of hydrogen-bond acceptors (Lipinski definition) is 4. The number of urea groups is 1. The van der Waals surface area contributed by atoms with E-state index in [-0.39, 0.29) is 17.1 Å². The van der Waals surface area contributed by atoms with E-state index in [2.05, 4.69) is 5.32 Å². The molecule has 0 aromatic heterocycles. The van der Waals surface area contributed by atoms with Gasteiger partial charge in [-0.05, 0) is 6.42 Å². The third-order valence-electron chi connectivity index (χ3n) is 1.97. The number of aliphatic hydroxyl groups excluding tert-OH is 1. The number of carboxylic acids is 1. The molecular weight excluding hydrogens is 232 g/mol. The molecule has 6 nitrogen and oxygen atoms in total. The molecule has 0 rings (SSSR count). The summed E-state index contributed by atoms with van der Waals surface area (Å²) < 4.78 is -0.234. The van der Waals surface area contributed by atoms with Gasteiger partial charge in [0.1, 0.15) is 6.04 Å². The molecule has 0 heterocycles. The van der Waals surface area contributed by atoms with Gasteiger partial charge >= 0.3 is 12.0 Å². The monoisotopic (exact) mass is 250 g/mol. The Hall–Kier alpha value is -0.950. The Morgan fingerprint density at radius 2 is 2.06 bits per heavy atom. The van der Waals surface area contributed by atoms with Crippen LogP contribution in [0, 0.1) is 0 Å². The number of carboxylic acid groups (broad SMARTS) is 1. The minimum Gasteiger partial charge on any atom is -0.480 e. The molecular formula is C9H18N2O4S. The smallest absolute Gasteiger partial charge is 0.327 e. The van der Waals surface area contributed by atoms with Crippen molar-refractivity contribution >= 4 is 23.8 Å². The maximum absolute atomic E-state index is 10.8. The van der Waals surface area contributed by atoms with Gasteiger partial charge in [0.2, 0.25) is 0 Å². The van der Waals surface area contributed by atoms with Gasteiger partial charge in [0.15, 0.2) is 0 Å². The maximum Gasteiger partial charge on any atom is 0.327 e. The van der Waals surface area contributed by atoms with Crippen LogP contribution in [-0.2, 0) is 4.79 Å². The Bertz CT molecular complexity index is 258. The van der Waals surface area contributed by atoms with Crippen LogP contribution in [0.5, 0.6) is 0 Å². The van der Waals surface area contributed by atoms with Gasteiger partial charge in [-0.2, -0.15) is 11.8 Å². The van der Waals surface area contributed by atoms with Crippen molar-refractivity contribution in [3.63, 3.8) is 0 Å². The summed E-state index contributed by atoms with van der Waals surface area (Å²) in [6.45, 7) is 3.84. The number of carbonyl (C=O) groups excluding carboxylic acids is 1. The second-order valence-corrected chi connectivity index (χ2v) is 5.67. The third-order valence-corrected chi connectivity index (χ3v) is 3.45. The SMILES string of the molecule is CC(C)(CCO)SC[C@H](NC(N)=O)C(=O)O. The molecule has 0 radical (unpaired) electrons. The number of thioether (sulfide) groups is 1. The predicted molar refractivity (Wildman–Crippen MR) is 62.4 cm³/mol. The molecule has 0 spiro atoms. The average Bonchev–Trinajstić information content (AvgIpc) is 2.11. The molecule has 0 aromatic carbocycles. The second kappa shape index (κ2) is 6.59. The first-order valence-electron chi connectivity index (χ1n) is 4.82. The molecule has 5 N–H and O–H groups in total. The topological polar surface area (TPSA) is 113 Å². The molecule has 94 valence electrons. The number of rotatable bonds is 7. The van der Waals surface area contributed by atoms with Crippen molar-refractivity contribution in [1.82, 2.24) is 5.32 Å². The molecule has 0 fully saturated rings. The summed E-state index contributed by atoms with van der Waals surface area (Å²) in [7, 11) is 0. The Morgan fingerprint density at radius 3 is 2.44 bits per heavy atom. The normalized spacial score (nSPS) is 13.2. The number of amides is 2. The van der Waals surface area contributed by atoms with Gasteiger partial charge in [-0.25, -0.2) is 9.59 Å². The first kappa shape index (κ1) is 15.0. The van der Waals surface area contributed by atoms with Crippen molar-refractivity contribution in [3.05, 3.63) is 0 Å².